The number of methoxy groups -OCH3 is 1. The Bertz CT molecular complexity index is 849. The molecule has 4 rings (SSSR count). The van der Waals surface area contributed by atoms with Crippen molar-refractivity contribution in [1.82, 2.24) is 10.2 Å². The molecule has 29 heavy (non-hydrogen) atoms. The fourth-order valence-electron chi connectivity index (χ4n) is 3.85. The zero-order valence-electron chi connectivity index (χ0n) is 16.6. The molecule has 2 aromatic rings. The number of nitrogens with zero attached hydrogens (tertiary/aromatic N) is 1. The summed E-state index contributed by atoms with van der Waals surface area (Å²) in [5.74, 6) is 0.745. The van der Waals surface area contributed by atoms with E-state index in [4.69, 9.17) is 4.74 Å². The zero-order valence-corrected chi connectivity index (χ0v) is 16.6. The van der Waals surface area contributed by atoms with Crippen LogP contribution in [0.3, 0.4) is 0 Å². The predicted molar refractivity (Wildman–Crippen MR) is 112 cm³/mol. The van der Waals surface area contributed by atoms with Crippen molar-refractivity contribution in [3.8, 4) is 5.75 Å². The van der Waals surface area contributed by atoms with Crippen LogP contribution in [0.4, 0.5) is 10.5 Å². The summed E-state index contributed by atoms with van der Waals surface area (Å²) in [5.41, 5.74) is 1.87. The summed E-state index contributed by atoms with van der Waals surface area (Å²) in [4.78, 5) is 27.5. The van der Waals surface area contributed by atoms with Crippen molar-refractivity contribution in [2.75, 3.05) is 25.5 Å². The van der Waals surface area contributed by atoms with Gasteiger partial charge in [0.1, 0.15) is 5.75 Å². The third-order valence-corrected chi connectivity index (χ3v) is 5.64. The van der Waals surface area contributed by atoms with Crippen molar-refractivity contribution in [1.29, 1.82) is 0 Å². The van der Waals surface area contributed by atoms with E-state index in [1.165, 1.54) is 5.56 Å². The molecule has 6 heteroatoms. The number of anilines is 1. The number of rotatable bonds is 5. The monoisotopic (exact) mass is 393 g/mol. The quantitative estimate of drug-likeness (QED) is 0.815. The van der Waals surface area contributed by atoms with Crippen molar-refractivity contribution in [2.24, 2.45) is 5.92 Å². The maximum absolute atomic E-state index is 13.0. The van der Waals surface area contributed by atoms with Crippen LogP contribution >= 0.6 is 0 Å². The molecule has 3 amide bonds. The fourth-order valence-corrected chi connectivity index (χ4v) is 3.85. The Labute approximate surface area is 171 Å². The van der Waals surface area contributed by atoms with Crippen LogP contribution in [0.25, 0.3) is 0 Å². The standard InChI is InChI=1S/C23H27N3O3/c1-29-21-11-9-20(10-12-21)25-23(28)26-14-17(16-5-3-2-4-6-16)13-18(15-26)22(27)24-19-7-8-19/h2-6,9-12,17-19H,7-8,13-15H2,1H3,(H,24,27)(H,25,28). The minimum atomic E-state index is -0.198. The van der Waals surface area contributed by atoms with Gasteiger partial charge >= 0.3 is 6.03 Å². The Kier molecular flexibility index (Phi) is 5.69. The highest BCUT2D eigenvalue weighted by atomic mass is 16.5. The molecule has 2 fully saturated rings. The van der Waals surface area contributed by atoms with Gasteiger partial charge in [-0.3, -0.25) is 4.79 Å². The fraction of sp³-hybridized carbons (Fsp3) is 0.391. The normalized spacial score (nSPS) is 21.3. The second-order valence-electron chi connectivity index (χ2n) is 7.89. The number of piperidine rings is 1. The Morgan fingerprint density at radius 3 is 2.38 bits per heavy atom. The number of urea groups is 1. The van der Waals surface area contributed by atoms with Gasteiger partial charge in [-0.15, -0.1) is 0 Å². The van der Waals surface area contributed by atoms with Crippen molar-refractivity contribution >= 4 is 17.6 Å². The van der Waals surface area contributed by atoms with Gasteiger partial charge in [0, 0.05) is 30.7 Å². The van der Waals surface area contributed by atoms with Gasteiger partial charge in [-0.25, -0.2) is 4.79 Å². The Morgan fingerprint density at radius 2 is 1.72 bits per heavy atom. The molecule has 0 aromatic heterocycles. The van der Waals surface area contributed by atoms with Crippen LogP contribution in [0.2, 0.25) is 0 Å². The third-order valence-electron chi connectivity index (χ3n) is 5.64. The smallest absolute Gasteiger partial charge is 0.321 e. The summed E-state index contributed by atoms with van der Waals surface area (Å²) in [6, 6.07) is 17.5. The van der Waals surface area contributed by atoms with E-state index in [2.05, 4.69) is 22.8 Å². The van der Waals surface area contributed by atoms with Gasteiger partial charge in [0.25, 0.3) is 0 Å². The molecular weight excluding hydrogens is 366 g/mol. The Balaban J connectivity index is 1.48. The molecular formula is C23H27N3O3. The highest BCUT2D eigenvalue weighted by Gasteiger charge is 2.36. The van der Waals surface area contributed by atoms with Crippen molar-refractivity contribution in [3.05, 3.63) is 60.2 Å². The molecule has 0 spiro atoms. The minimum Gasteiger partial charge on any atom is -0.497 e. The molecule has 2 N–H and O–H groups in total. The van der Waals surface area contributed by atoms with Gasteiger partial charge in [0.05, 0.1) is 13.0 Å². The molecule has 1 aliphatic heterocycles. The highest BCUT2D eigenvalue weighted by molar-refractivity contribution is 5.90. The van der Waals surface area contributed by atoms with E-state index in [1.807, 2.05) is 42.5 Å². The lowest BCUT2D eigenvalue weighted by Gasteiger charge is -2.37. The Morgan fingerprint density at radius 1 is 1.00 bits per heavy atom. The summed E-state index contributed by atoms with van der Waals surface area (Å²) in [7, 11) is 1.61. The van der Waals surface area contributed by atoms with E-state index < -0.39 is 0 Å². The first-order chi connectivity index (χ1) is 14.1. The lowest BCUT2D eigenvalue weighted by molar-refractivity contribution is -0.126. The van der Waals surface area contributed by atoms with Crippen LogP contribution in [-0.4, -0.2) is 43.1 Å². The maximum Gasteiger partial charge on any atom is 0.321 e. The van der Waals surface area contributed by atoms with Gasteiger partial charge in [0.15, 0.2) is 0 Å². The van der Waals surface area contributed by atoms with Gasteiger partial charge in [-0.2, -0.15) is 0 Å². The second-order valence-corrected chi connectivity index (χ2v) is 7.89. The van der Waals surface area contributed by atoms with Crippen molar-refractivity contribution < 1.29 is 14.3 Å². The largest absolute Gasteiger partial charge is 0.497 e. The van der Waals surface area contributed by atoms with E-state index >= 15 is 0 Å². The number of hydrogen-bond donors (Lipinski definition) is 2. The molecule has 1 aliphatic carbocycles. The van der Waals surface area contributed by atoms with Crippen LogP contribution < -0.4 is 15.4 Å². The summed E-state index contributed by atoms with van der Waals surface area (Å²) < 4.78 is 5.16. The molecule has 0 bridgehead atoms. The molecule has 2 atom stereocenters. The summed E-state index contributed by atoms with van der Waals surface area (Å²) in [6.07, 6.45) is 2.87. The number of carbonyl (C=O) groups excluding carboxylic acids is 2. The van der Waals surface area contributed by atoms with E-state index in [0.717, 1.165) is 25.0 Å². The van der Waals surface area contributed by atoms with Gasteiger partial charge in [-0.1, -0.05) is 30.3 Å². The van der Waals surface area contributed by atoms with Crippen LogP contribution in [0, 0.1) is 5.92 Å². The first kappa shape index (κ1) is 19.3. The molecule has 2 aromatic carbocycles. The number of likely N-dealkylation sites (tertiary alicyclic amines) is 1. The average molecular weight is 393 g/mol. The molecule has 2 unspecified atom stereocenters. The molecule has 0 radical (unpaired) electrons. The van der Waals surface area contributed by atoms with Crippen molar-refractivity contribution in [3.63, 3.8) is 0 Å². The predicted octanol–water partition coefficient (Wildman–Crippen LogP) is 3.61. The topological polar surface area (TPSA) is 70.7 Å². The minimum absolute atomic E-state index is 0.0652. The van der Waals surface area contributed by atoms with Crippen LogP contribution in [0.5, 0.6) is 5.75 Å². The SMILES string of the molecule is COc1ccc(NC(=O)N2CC(C(=O)NC3CC3)CC(c3ccccc3)C2)cc1. The van der Waals surface area contributed by atoms with Gasteiger partial charge < -0.3 is 20.3 Å². The number of benzene rings is 2. The number of carbonyl (C=O) groups is 2. The Hall–Kier alpha value is -3.02. The maximum atomic E-state index is 13.0. The first-order valence-corrected chi connectivity index (χ1v) is 10.2. The summed E-state index contributed by atoms with van der Waals surface area (Å²) >= 11 is 0. The molecule has 1 saturated heterocycles. The van der Waals surface area contributed by atoms with Gasteiger partial charge in [-0.05, 0) is 49.1 Å². The van der Waals surface area contributed by atoms with Gasteiger partial charge in [0.2, 0.25) is 5.91 Å². The third kappa shape index (κ3) is 4.88. The molecule has 152 valence electrons. The van der Waals surface area contributed by atoms with E-state index in [-0.39, 0.29) is 23.8 Å². The molecule has 6 nitrogen and oxygen atoms in total. The summed E-state index contributed by atoms with van der Waals surface area (Å²) in [6.45, 7) is 1.03. The lowest BCUT2D eigenvalue weighted by Crippen LogP contribution is -2.49. The highest BCUT2D eigenvalue weighted by Crippen LogP contribution is 2.32. The average Bonchev–Trinajstić information content (AvgIpc) is 3.58. The lowest BCUT2D eigenvalue weighted by atomic mass is 9.84. The van der Waals surface area contributed by atoms with E-state index in [0.29, 0.717) is 24.8 Å². The summed E-state index contributed by atoms with van der Waals surface area (Å²) in [5, 5.41) is 6.05. The zero-order chi connectivity index (χ0) is 20.2. The van der Waals surface area contributed by atoms with E-state index in [1.54, 1.807) is 12.0 Å². The second kappa shape index (κ2) is 8.55. The molecule has 2 aliphatic rings. The van der Waals surface area contributed by atoms with Crippen molar-refractivity contribution in [2.45, 2.75) is 31.2 Å². The van der Waals surface area contributed by atoms with Crippen LogP contribution in [0.15, 0.2) is 54.6 Å². The van der Waals surface area contributed by atoms with Crippen LogP contribution in [0.1, 0.15) is 30.7 Å². The number of nitrogens with one attached hydrogen (secondary N) is 2. The molecule has 1 heterocycles. The molecule has 1 saturated carbocycles. The number of ether oxygens (including phenoxy) is 1. The van der Waals surface area contributed by atoms with E-state index in [9.17, 15) is 9.59 Å². The number of hydrogen-bond acceptors (Lipinski definition) is 3. The first-order valence-electron chi connectivity index (χ1n) is 10.2. The number of amides is 3. The van der Waals surface area contributed by atoms with Crippen LogP contribution in [-0.2, 0) is 4.79 Å².